The first-order chi connectivity index (χ1) is 13.9. The van der Waals surface area contributed by atoms with E-state index in [1.54, 1.807) is 10.7 Å². The molecule has 6 nitrogen and oxygen atoms in total. The van der Waals surface area contributed by atoms with Crippen LogP contribution in [0.3, 0.4) is 0 Å². The van der Waals surface area contributed by atoms with E-state index in [2.05, 4.69) is 50.9 Å². The molecule has 3 aromatic heterocycles. The van der Waals surface area contributed by atoms with Crippen molar-refractivity contribution >= 4 is 11.5 Å². The number of nitrogens with zero attached hydrogens (tertiary/aromatic N) is 4. The second-order valence-corrected chi connectivity index (χ2v) is 6.49. The first-order valence-corrected chi connectivity index (χ1v) is 9.11. The molecule has 0 spiro atoms. The summed E-state index contributed by atoms with van der Waals surface area (Å²) in [6.45, 7) is 0.604. The van der Waals surface area contributed by atoms with Gasteiger partial charge in [0.05, 0.1) is 29.8 Å². The molecule has 28 heavy (non-hydrogen) atoms. The van der Waals surface area contributed by atoms with Crippen molar-refractivity contribution in [2.24, 2.45) is 0 Å². The van der Waals surface area contributed by atoms with Crippen molar-refractivity contribution in [2.45, 2.75) is 6.54 Å². The topological polar surface area (TPSA) is 70.9 Å². The van der Waals surface area contributed by atoms with E-state index in [1.165, 1.54) is 0 Å². The molecule has 136 valence electrons. The molecule has 0 aliphatic heterocycles. The summed E-state index contributed by atoms with van der Waals surface area (Å²) in [4.78, 5) is 4.71. The minimum absolute atomic E-state index is 0.604. The van der Waals surface area contributed by atoms with Gasteiger partial charge in [-0.1, -0.05) is 60.7 Å². The number of benzene rings is 2. The third kappa shape index (κ3) is 3.12. The maximum absolute atomic E-state index is 4.71. The van der Waals surface area contributed by atoms with E-state index in [4.69, 9.17) is 4.98 Å². The standard InChI is InChI=1S/C22H18N6/c1-3-7-16(8-4-1)19-14-22(28-21(25-19)11-12-24-28)23-15-18-13-20(27-26-18)17-9-5-2-6-10-17/h1-14,23H,15H2,(H,26,27). The molecular weight excluding hydrogens is 348 g/mol. The van der Waals surface area contributed by atoms with E-state index in [0.717, 1.165) is 39.7 Å². The molecule has 0 saturated heterocycles. The lowest BCUT2D eigenvalue weighted by Crippen LogP contribution is -2.07. The summed E-state index contributed by atoms with van der Waals surface area (Å²) >= 11 is 0. The van der Waals surface area contributed by atoms with Gasteiger partial charge in [-0.3, -0.25) is 5.10 Å². The van der Waals surface area contributed by atoms with Crippen LogP contribution in [-0.2, 0) is 6.54 Å². The van der Waals surface area contributed by atoms with Crippen molar-refractivity contribution in [3.63, 3.8) is 0 Å². The third-order valence-corrected chi connectivity index (χ3v) is 4.59. The fraction of sp³-hybridized carbons (Fsp3) is 0.0455. The van der Waals surface area contributed by atoms with Crippen molar-refractivity contribution in [3.05, 3.63) is 90.8 Å². The average molecular weight is 366 g/mol. The predicted octanol–water partition coefficient (Wildman–Crippen LogP) is 4.40. The molecule has 2 aromatic carbocycles. The van der Waals surface area contributed by atoms with Crippen LogP contribution in [0.4, 0.5) is 5.82 Å². The van der Waals surface area contributed by atoms with Gasteiger partial charge in [-0.05, 0) is 6.07 Å². The zero-order chi connectivity index (χ0) is 18.8. The number of aromatic amines is 1. The molecule has 0 unspecified atom stereocenters. The summed E-state index contributed by atoms with van der Waals surface area (Å²) in [7, 11) is 0. The van der Waals surface area contributed by atoms with Gasteiger partial charge in [-0.15, -0.1) is 0 Å². The molecule has 0 radical (unpaired) electrons. The van der Waals surface area contributed by atoms with Crippen molar-refractivity contribution in [3.8, 4) is 22.5 Å². The van der Waals surface area contributed by atoms with E-state index in [9.17, 15) is 0 Å². The minimum Gasteiger partial charge on any atom is -0.364 e. The lowest BCUT2D eigenvalue weighted by atomic mass is 10.1. The predicted molar refractivity (Wildman–Crippen MR) is 110 cm³/mol. The fourth-order valence-electron chi connectivity index (χ4n) is 3.19. The van der Waals surface area contributed by atoms with Gasteiger partial charge in [0.1, 0.15) is 5.82 Å². The Bertz CT molecular complexity index is 1210. The van der Waals surface area contributed by atoms with Gasteiger partial charge in [-0.2, -0.15) is 14.7 Å². The summed E-state index contributed by atoms with van der Waals surface area (Å²) in [6.07, 6.45) is 1.76. The van der Waals surface area contributed by atoms with E-state index in [0.29, 0.717) is 6.54 Å². The number of nitrogens with one attached hydrogen (secondary N) is 2. The number of hydrogen-bond donors (Lipinski definition) is 2. The SMILES string of the molecule is c1ccc(-c2cc(CNc3cc(-c4ccccc4)nc4ccnn34)[nH]n2)cc1. The Balaban J connectivity index is 1.42. The highest BCUT2D eigenvalue weighted by Gasteiger charge is 2.09. The highest BCUT2D eigenvalue weighted by atomic mass is 15.3. The highest BCUT2D eigenvalue weighted by Crippen LogP contribution is 2.23. The Morgan fingerprint density at radius 1 is 0.821 bits per heavy atom. The van der Waals surface area contributed by atoms with Crippen LogP contribution in [0.15, 0.2) is 85.1 Å². The summed E-state index contributed by atoms with van der Waals surface area (Å²) in [5.74, 6) is 0.879. The molecule has 0 amide bonds. The van der Waals surface area contributed by atoms with Crippen LogP contribution >= 0.6 is 0 Å². The molecule has 6 heteroatoms. The molecule has 0 saturated carbocycles. The van der Waals surface area contributed by atoms with E-state index < -0.39 is 0 Å². The lowest BCUT2D eigenvalue weighted by Gasteiger charge is -2.10. The molecule has 0 atom stereocenters. The maximum Gasteiger partial charge on any atom is 0.157 e. The number of anilines is 1. The zero-order valence-corrected chi connectivity index (χ0v) is 15.1. The molecular formula is C22H18N6. The van der Waals surface area contributed by atoms with Crippen LogP contribution < -0.4 is 5.32 Å². The Kier molecular flexibility index (Phi) is 4.06. The van der Waals surface area contributed by atoms with Crippen LogP contribution in [0.2, 0.25) is 0 Å². The van der Waals surface area contributed by atoms with Crippen LogP contribution in [0, 0.1) is 0 Å². The van der Waals surface area contributed by atoms with Crippen LogP contribution in [0.5, 0.6) is 0 Å². The molecule has 2 N–H and O–H groups in total. The summed E-state index contributed by atoms with van der Waals surface area (Å²) in [5.41, 5.74) is 5.81. The summed E-state index contributed by atoms with van der Waals surface area (Å²) < 4.78 is 1.81. The third-order valence-electron chi connectivity index (χ3n) is 4.59. The number of hydrogen-bond acceptors (Lipinski definition) is 4. The molecule has 0 bridgehead atoms. The number of aromatic nitrogens is 5. The Hall–Kier alpha value is -3.93. The van der Waals surface area contributed by atoms with Crippen LogP contribution in [-0.4, -0.2) is 24.8 Å². The largest absolute Gasteiger partial charge is 0.364 e. The quantitative estimate of drug-likeness (QED) is 0.484. The normalized spacial score (nSPS) is 11.0. The molecule has 0 fully saturated rings. The van der Waals surface area contributed by atoms with E-state index >= 15 is 0 Å². The van der Waals surface area contributed by atoms with Gasteiger partial charge < -0.3 is 5.32 Å². The Morgan fingerprint density at radius 2 is 1.54 bits per heavy atom. The van der Waals surface area contributed by atoms with Gasteiger partial charge in [-0.25, -0.2) is 4.98 Å². The summed E-state index contributed by atoms with van der Waals surface area (Å²) in [5, 5.41) is 15.4. The minimum atomic E-state index is 0.604. The van der Waals surface area contributed by atoms with Crippen molar-refractivity contribution < 1.29 is 0 Å². The second-order valence-electron chi connectivity index (χ2n) is 6.49. The van der Waals surface area contributed by atoms with Crippen LogP contribution in [0.1, 0.15) is 5.69 Å². The fourth-order valence-corrected chi connectivity index (χ4v) is 3.19. The van der Waals surface area contributed by atoms with Crippen molar-refractivity contribution in [1.82, 2.24) is 24.8 Å². The second kappa shape index (κ2) is 7.00. The monoisotopic (exact) mass is 366 g/mol. The highest BCUT2D eigenvalue weighted by molar-refractivity contribution is 5.66. The Morgan fingerprint density at radius 3 is 2.29 bits per heavy atom. The number of H-pyrrole nitrogens is 1. The van der Waals surface area contributed by atoms with E-state index in [-0.39, 0.29) is 0 Å². The van der Waals surface area contributed by atoms with Gasteiger partial charge in [0, 0.05) is 23.3 Å². The molecule has 5 rings (SSSR count). The zero-order valence-electron chi connectivity index (χ0n) is 15.1. The van der Waals surface area contributed by atoms with Crippen molar-refractivity contribution in [1.29, 1.82) is 0 Å². The van der Waals surface area contributed by atoms with Gasteiger partial charge >= 0.3 is 0 Å². The smallest absolute Gasteiger partial charge is 0.157 e. The Labute approximate surface area is 161 Å². The first-order valence-electron chi connectivity index (χ1n) is 9.11. The molecule has 3 heterocycles. The maximum atomic E-state index is 4.71. The number of rotatable bonds is 5. The number of fused-ring (bicyclic) bond motifs is 1. The van der Waals surface area contributed by atoms with Crippen LogP contribution in [0.25, 0.3) is 28.2 Å². The van der Waals surface area contributed by atoms with Crippen molar-refractivity contribution in [2.75, 3.05) is 5.32 Å². The average Bonchev–Trinajstić information content (AvgIpc) is 3.43. The van der Waals surface area contributed by atoms with E-state index in [1.807, 2.05) is 48.5 Å². The molecule has 5 aromatic rings. The summed E-state index contributed by atoms with van der Waals surface area (Å²) in [6, 6.07) is 26.3. The first kappa shape index (κ1) is 16.3. The lowest BCUT2D eigenvalue weighted by molar-refractivity contribution is 0.911. The van der Waals surface area contributed by atoms with Gasteiger partial charge in [0.15, 0.2) is 5.65 Å². The van der Waals surface area contributed by atoms with Gasteiger partial charge in [0.25, 0.3) is 0 Å². The van der Waals surface area contributed by atoms with Gasteiger partial charge in [0.2, 0.25) is 0 Å². The molecule has 0 aliphatic rings. The molecule has 0 aliphatic carbocycles.